The first kappa shape index (κ1) is 23.8. The minimum Gasteiger partial charge on any atom is -0.324 e. The normalized spacial score (nSPS) is 12.8. The molecule has 4 heteroatoms. The Morgan fingerprint density at radius 1 is 0.500 bits per heavy atom. The van der Waals surface area contributed by atoms with Crippen molar-refractivity contribution in [3.8, 4) is 0 Å². The highest BCUT2D eigenvalue weighted by Gasteiger charge is 2.09. The summed E-state index contributed by atoms with van der Waals surface area (Å²) in [5, 5.41) is 6.87. The van der Waals surface area contributed by atoms with Gasteiger partial charge in [0, 0.05) is 24.2 Å². The molecular formula is C20H46N4. The van der Waals surface area contributed by atoms with Crippen molar-refractivity contribution in [2.75, 3.05) is 26.2 Å². The lowest BCUT2D eigenvalue weighted by Crippen LogP contribution is -2.43. The second-order valence-electron chi connectivity index (χ2n) is 8.87. The van der Waals surface area contributed by atoms with E-state index < -0.39 is 0 Å². The first-order chi connectivity index (χ1) is 11.2. The Morgan fingerprint density at radius 3 is 1.00 bits per heavy atom. The molecule has 0 spiro atoms. The van der Waals surface area contributed by atoms with Crippen LogP contribution in [0.15, 0.2) is 0 Å². The number of rotatable bonds is 17. The van der Waals surface area contributed by atoms with Gasteiger partial charge in [-0.3, -0.25) is 0 Å². The van der Waals surface area contributed by atoms with E-state index in [1.54, 1.807) is 0 Å². The number of unbranched alkanes of at least 4 members (excludes halogenated alkanes) is 9. The van der Waals surface area contributed by atoms with E-state index in [0.29, 0.717) is 0 Å². The third-order valence-electron chi connectivity index (χ3n) is 4.12. The highest BCUT2D eigenvalue weighted by molar-refractivity contribution is 4.74. The fourth-order valence-corrected chi connectivity index (χ4v) is 2.74. The standard InChI is InChI=1S/C20H46N4/c1-19(2,21)17-23-15-13-11-9-7-5-6-8-10-12-14-16-24-18-20(3,4)22/h23-24H,5-18,21-22H2,1-4H3. The van der Waals surface area contributed by atoms with Crippen molar-refractivity contribution in [3.05, 3.63) is 0 Å². The van der Waals surface area contributed by atoms with Crippen molar-refractivity contribution >= 4 is 0 Å². The van der Waals surface area contributed by atoms with Gasteiger partial charge in [-0.25, -0.2) is 0 Å². The molecule has 4 nitrogen and oxygen atoms in total. The molecule has 6 N–H and O–H groups in total. The van der Waals surface area contributed by atoms with Crippen LogP contribution < -0.4 is 22.1 Å². The first-order valence-electron chi connectivity index (χ1n) is 10.2. The first-order valence-corrected chi connectivity index (χ1v) is 10.2. The van der Waals surface area contributed by atoms with Gasteiger partial charge in [0.2, 0.25) is 0 Å². The largest absolute Gasteiger partial charge is 0.324 e. The van der Waals surface area contributed by atoms with E-state index in [4.69, 9.17) is 11.5 Å². The van der Waals surface area contributed by atoms with Crippen LogP contribution >= 0.6 is 0 Å². The van der Waals surface area contributed by atoms with Gasteiger partial charge in [0.1, 0.15) is 0 Å². The summed E-state index contributed by atoms with van der Waals surface area (Å²) in [6.45, 7) is 12.3. The van der Waals surface area contributed by atoms with Crippen molar-refractivity contribution in [2.24, 2.45) is 11.5 Å². The zero-order chi connectivity index (χ0) is 18.3. The van der Waals surface area contributed by atoms with Gasteiger partial charge in [-0.15, -0.1) is 0 Å². The van der Waals surface area contributed by atoms with Crippen molar-refractivity contribution in [2.45, 2.75) is 103 Å². The Labute approximate surface area is 151 Å². The number of hydrogen-bond donors (Lipinski definition) is 4. The number of nitrogens with one attached hydrogen (secondary N) is 2. The molecule has 0 bridgehead atoms. The van der Waals surface area contributed by atoms with E-state index in [1.807, 2.05) is 0 Å². The van der Waals surface area contributed by atoms with E-state index in [-0.39, 0.29) is 11.1 Å². The molecule has 0 saturated carbocycles. The van der Waals surface area contributed by atoms with Crippen molar-refractivity contribution < 1.29 is 0 Å². The monoisotopic (exact) mass is 342 g/mol. The average Bonchev–Trinajstić information content (AvgIpc) is 2.44. The lowest BCUT2D eigenvalue weighted by Gasteiger charge is -2.18. The summed E-state index contributed by atoms with van der Waals surface area (Å²) in [5.41, 5.74) is 11.7. The van der Waals surface area contributed by atoms with Gasteiger partial charge in [0.05, 0.1) is 0 Å². The van der Waals surface area contributed by atoms with E-state index in [9.17, 15) is 0 Å². The lowest BCUT2D eigenvalue weighted by atomic mass is 10.1. The Hall–Kier alpha value is -0.160. The molecule has 0 atom stereocenters. The maximum Gasteiger partial charge on any atom is 0.0223 e. The number of nitrogens with two attached hydrogens (primary N) is 2. The fraction of sp³-hybridized carbons (Fsp3) is 1.00. The van der Waals surface area contributed by atoms with Gasteiger partial charge < -0.3 is 22.1 Å². The average molecular weight is 343 g/mol. The Morgan fingerprint density at radius 2 is 0.750 bits per heavy atom. The maximum atomic E-state index is 5.94. The topological polar surface area (TPSA) is 76.1 Å². The van der Waals surface area contributed by atoms with Crippen LogP contribution in [0.5, 0.6) is 0 Å². The van der Waals surface area contributed by atoms with Crippen LogP contribution in [0.4, 0.5) is 0 Å². The van der Waals surface area contributed by atoms with Crippen LogP contribution in [-0.2, 0) is 0 Å². The van der Waals surface area contributed by atoms with Crippen LogP contribution in [0.3, 0.4) is 0 Å². The predicted octanol–water partition coefficient (Wildman–Crippen LogP) is 3.54. The summed E-state index contributed by atoms with van der Waals surface area (Å²) in [6.07, 6.45) is 13.6. The molecule has 0 aliphatic heterocycles. The van der Waals surface area contributed by atoms with Crippen molar-refractivity contribution in [1.29, 1.82) is 0 Å². The summed E-state index contributed by atoms with van der Waals surface area (Å²) in [4.78, 5) is 0. The molecule has 0 aliphatic carbocycles. The molecule has 0 aromatic carbocycles. The summed E-state index contributed by atoms with van der Waals surface area (Å²) in [7, 11) is 0. The van der Waals surface area contributed by atoms with Crippen LogP contribution in [0, 0.1) is 0 Å². The molecule has 0 heterocycles. The van der Waals surface area contributed by atoms with Crippen molar-refractivity contribution in [1.82, 2.24) is 10.6 Å². The molecule has 0 unspecified atom stereocenters. The van der Waals surface area contributed by atoms with Gasteiger partial charge in [0.25, 0.3) is 0 Å². The van der Waals surface area contributed by atoms with Gasteiger partial charge in [-0.05, 0) is 53.6 Å². The van der Waals surface area contributed by atoms with Crippen molar-refractivity contribution in [3.63, 3.8) is 0 Å². The molecule has 0 aromatic heterocycles. The molecule has 0 rings (SSSR count). The quantitative estimate of drug-likeness (QED) is 0.305. The zero-order valence-corrected chi connectivity index (χ0v) is 17.1. The van der Waals surface area contributed by atoms with Crippen LogP contribution in [-0.4, -0.2) is 37.3 Å². The molecule has 24 heavy (non-hydrogen) atoms. The fourth-order valence-electron chi connectivity index (χ4n) is 2.74. The molecule has 0 amide bonds. The molecule has 0 radical (unpaired) electrons. The number of hydrogen-bond acceptors (Lipinski definition) is 4. The third kappa shape index (κ3) is 21.8. The highest BCUT2D eigenvalue weighted by Crippen LogP contribution is 2.10. The minimum atomic E-state index is -0.0862. The molecule has 146 valence electrons. The van der Waals surface area contributed by atoms with E-state index in [2.05, 4.69) is 38.3 Å². The molecule has 0 aromatic rings. The smallest absolute Gasteiger partial charge is 0.0223 e. The summed E-state index contributed by atoms with van der Waals surface area (Å²) < 4.78 is 0. The minimum absolute atomic E-state index is 0.0862. The van der Waals surface area contributed by atoms with Crippen LogP contribution in [0.1, 0.15) is 91.9 Å². The molecule has 0 fully saturated rings. The Balaban J connectivity index is 3.08. The van der Waals surface area contributed by atoms with Crippen LogP contribution in [0.2, 0.25) is 0 Å². The van der Waals surface area contributed by atoms with Gasteiger partial charge in [0.15, 0.2) is 0 Å². The SMILES string of the molecule is CC(C)(N)CNCCCCCCCCCCCCNCC(C)(C)N. The predicted molar refractivity (Wildman–Crippen MR) is 108 cm³/mol. The molecule has 0 saturated heterocycles. The van der Waals surface area contributed by atoms with Crippen LogP contribution in [0.25, 0.3) is 0 Å². The Bertz CT molecular complexity index is 238. The summed E-state index contributed by atoms with van der Waals surface area (Å²) >= 11 is 0. The highest BCUT2D eigenvalue weighted by atomic mass is 14.9. The van der Waals surface area contributed by atoms with E-state index in [1.165, 1.54) is 64.2 Å². The molecule has 0 aliphatic rings. The lowest BCUT2D eigenvalue weighted by molar-refractivity contribution is 0.454. The Kier molecular flexibility index (Phi) is 14.0. The zero-order valence-electron chi connectivity index (χ0n) is 17.1. The second-order valence-corrected chi connectivity index (χ2v) is 8.87. The van der Waals surface area contributed by atoms with Gasteiger partial charge in [-0.1, -0.05) is 51.4 Å². The van der Waals surface area contributed by atoms with Gasteiger partial charge >= 0.3 is 0 Å². The maximum absolute atomic E-state index is 5.94. The van der Waals surface area contributed by atoms with Gasteiger partial charge in [-0.2, -0.15) is 0 Å². The summed E-state index contributed by atoms with van der Waals surface area (Å²) in [6, 6.07) is 0. The van der Waals surface area contributed by atoms with E-state index in [0.717, 1.165) is 26.2 Å². The molecular weight excluding hydrogens is 296 g/mol. The van der Waals surface area contributed by atoms with E-state index >= 15 is 0 Å². The summed E-state index contributed by atoms with van der Waals surface area (Å²) in [5.74, 6) is 0. The second kappa shape index (κ2) is 14.1. The third-order valence-corrected chi connectivity index (χ3v) is 4.12.